The monoisotopic (exact) mass is 162 g/mol. The number of nitrogens with zero attached hydrogens (tertiary/aromatic N) is 1. The van der Waals surface area contributed by atoms with Crippen molar-refractivity contribution < 1.29 is 9.63 Å². The number of carbonyl (C=O) groups is 1. The molecule has 0 saturated heterocycles. The number of nitrogens with one attached hydrogen (secondary N) is 1. The number of carbonyl (C=O) groups excluding carboxylic acids is 1. The highest BCUT2D eigenvalue weighted by atomic mass is 16.7. The molecule has 1 aromatic heterocycles. The van der Waals surface area contributed by atoms with Gasteiger partial charge >= 0.3 is 0 Å². The molecule has 60 valence electrons. The van der Waals surface area contributed by atoms with E-state index >= 15 is 0 Å². The highest BCUT2D eigenvalue weighted by Crippen LogP contribution is 2.16. The van der Waals surface area contributed by atoms with Gasteiger partial charge < -0.3 is 4.84 Å². The number of amides is 1. The fraction of sp³-hybridized carbons (Fsp3) is 0. The molecule has 0 radical (unpaired) electrons. The van der Waals surface area contributed by atoms with Crippen molar-refractivity contribution in [3.05, 3.63) is 30.1 Å². The van der Waals surface area contributed by atoms with E-state index in [4.69, 9.17) is 4.84 Å². The third-order valence-electron chi connectivity index (χ3n) is 1.45. The predicted octanol–water partition coefficient (Wildman–Crippen LogP) is 0.518. The van der Waals surface area contributed by atoms with E-state index in [0.717, 1.165) is 0 Å². The van der Waals surface area contributed by atoms with E-state index < -0.39 is 0 Å². The molecule has 0 bridgehead atoms. The summed E-state index contributed by atoms with van der Waals surface area (Å²) in [5.74, 6) is 0.271. The van der Waals surface area contributed by atoms with Crippen LogP contribution in [0, 0.1) is 0 Å². The lowest BCUT2D eigenvalue weighted by molar-refractivity contribution is -0.122. The second-order valence-corrected chi connectivity index (χ2v) is 2.29. The van der Waals surface area contributed by atoms with Gasteiger partial charge in [-0.1, -0.05) is 0 Å². The highest BCUT2D eigenvalue weighted by Gasteiger charge is 2.07. The smallest absolute Gasteiger partial charge is 0.276 e. The van der Waals surface area contributed by atoms with Gasteiger partial charge in [0, 0.05) is 12.3 Å². The van der Waals surface area contributed by atoms with E-state index in [2.05, 4.69) is 10.5 Å². The van der Waals surface area contributed by atoms with Gasteiger partial charge in [0.2, 0.25) is 0 Å². The van der Waals surface area contributed by atoms with Gasteiger partial charge in [-0.2, -0.15) is 5.48 Å². The first kappa shape index (κ1) is 6.84. The molecule has 4 nitrogen and oxygen atoms in total. The third-order valence-corrected chi connectivity index (χ3v) is 1.45. The summed E-state index contributed by atoms with van der Waals surface area (Å²) in [6, 6.07) is 3.47. The fourth-order valence-corrected chi connectivity index (χ4v) is 0.908. The molecule has 0 unspecified atom stereocenters. The van der Waals surface area contributed by atoms with Gasteiger partial charge in [0.15, 0.2) is 5.75 Å². The number of fused-ring (bicyclic) bond motifs is 1. The summed E-state index contributed by atoms with van der Waals surface area (Å²) < 4.78 is 0. The van der Waals surface area contributed by atoms with Gasteiger partial charge in [0.25, 0.3) is 5.91 Å². The summed E-state index contributed by atoms with van der Waals surface area (Å²) >= 11 is 0. The molecule has 1 aromatic rings. The zero-order chi connectivity index (χ0) is 8.39. The molecule has 12 heavy (non-hydrogen) atoms. The Kier molecular flexibility index (Phi) is 1.51. The zero-order valence-electron chi connectivity index (χ0n) is 6.15. The maximum Gasteiger partial charge on any atom is 0.276 e. The van der Waals surface area contributed by atoms with Crippen molar-refractivity contribution >= 4 is 12.0 Å². The second-order valence-electron chi connectivity index (χ2n) is 2.29. The van der Waals surface area contributed by atoms with E-state index in [9.17, 15) is 4.79 Å². The van der Waals surface area contributed by atoms with Crippen LogP contribution >= 0.6 is 0 Å². The first-order valence-corrected chi connectivity index (χ1v) is 3.46. The van der Waals surface area contributed by atoms with Gasteiger partial charge in [-0.15, -0.1) is 0 Å². The van der Waals surface area contributed by atoms with Crippen LogP contribution in [0.4, 0.5) is 0 Å². The Morgan fingerprint density at radius 2 is 2.33 bits per heavy atom. The molecule has 1 aliphatic rings. The largest absolute Gasteiger partial charge is 0.377 e. The second kappa shape index (κ2) is 2.65. The maximum absolute atomic E-state index is 10.8. The standard InChI is InChI=1S/C8H6N2O2/c11-8-4-3-6-7(12-10-8)2-1-5-9-6/h1-5H,(H,10,11). The molecular weight excluding hydrogens is 156 g/mol. The molecule has 1 amide bonds. The van der Waals surface area contributed by atoms with E-state index in [-0.39, 0.29) is 5.91 Å². The number of hydrogen-bond acceptors (Lipinski definition) is 3. The number of hydroxylamine groups is 1. The number of aromatic nitrogens is 1. The van der Waals surface area contributed by atoms with Crippen LogP contribution in [0.3, 0.4) is 0 Å². The van der Waals surface area contributed by atoms with Crippen molar-refractivity contribution in [3.8, 4) is 5.75 Å². The predicted molar refractivity (Wildman–Crippen MR) is 42.0 cm³/mol. The lowest BCUT2D eigenvalue weighted by atomic mass is 10.3. The molecule has 1 N–H and O–H groups in total. The van der Waals surface area contributed by atoms with E-state index in [1.165, 1.54) is 6.08 Å². The number of hydrogen-bond donors (Lipinski definition) is 1. The van der Waals surface area contributed by atoms with Crippen LogP contribution in [0.15, 0.2) is 24.4 Å². The molecule has 2 heterocycles. The molecular formula is C8H6N2O2. The van der Waals surface area contributed by atoms with Crippen molar-refractivity contribution in [2.45, 2.75) is 0 Å². The third kappa shape index (κ3) is 1.14. The Balaban J connectivity index is 2.45. The average molecular weight is 162 g/mol. The van der Waals surface area contributed by atoms with Crippen LogP contribution in [-0.2, 0) is 4.79 Å². The summed E-state index contributed by atoms with van der Waals surface area (Å²) in [4.78, 5) is 19.7. The Morgan fingerprint density at radius 1 is 1.42 bits per heavy atom. The van der Waals surface area contributed by atoms with Crippen LogP contribution in [0.2, 0.25) is 0 Å². The lowest BCUT2D eigenvalue weighted by Crippen LogP contribution is -2.23. The molecule has 0 spiro atoms. The average Bonchev–Trinajstić information content (AvgIpc) is 2.29. The van der Waals surface area contributed by atoms with E-state index in [1.807, 2.05) is 0 Å². The molecule has 0 saturated carbocycles. The van der Waals surface area contributed by atoms with Gasteiger partial charge in [0.1, 0.15) is 5.69 Å². The Hall–Kier alpha value is -1.84. The molecule has 0 aromatic carbocycles. The van der Waals surface area contributed by atoms with Crippen LogP contribution < -0.4 is 10.3 Å². The van der Waals surface area contributed by atoms with E-state index in [0.29, 0.717) is 11.4 Å². The zero-order valence-corrected chi connectivity index (χ0v) is 6.15. The normalized spacial score (nSPS) is 14.2. The van der Waals surface area contributed by atoms with Gasteiger partial charge in [-0.3, -0.25) is 9.78 Å². The van der Waals surface area contributed by atoms with Crippen LogP contribution in [-0.4, -0.2) is 10.9 Å². The number of pyridine rings is 1. The quantitative estimate of drug-likeness (QED) is 0.605. The fourth-order valence-electron chi connectivity index (χ4n) is 0.908. The van der Waals surface area contributed by atoms with Crippen molar-refractivity contribution in [1.29, 1.82) is 0 Å². The summed E-state index contributed by atoms with van der Waals surface area (Å²) in [6.45, 7) is 0. The Bertz CT molecular complexity index is 347. The molecule has 0 atom stereocenters. The SMILES string of the molecule is O=C1C=Cc2ncccc2ON1. The minimum Gasteiger partial charge on any atom is -0.377 e. The van der Waals surface area contributed by atoms with Crippen molar-refractivity contribution in [1.82, 2.24) is 10.5 Å². The molecule has 0 aliphatic carbocycles. The summed E-state index contributed by atoms with van der Waals surface area (Å²) in [6.07, 6.45) is 4.62. The summed E-state index contributed by atoms with van der Waals surface area (Å²) in [5.41, 5.74) is 2.88. The highest BCUT2D eigenvalue weighted by molar-refractivity contribution is 5.92. The minimum atomic E-state index is -0.284. The number of rotatable bonds is 0. The van der Waals surface area contributed by atoms with Gasteiger partial charge in [0.05, 0.1) is 0 Å². The van der Waals surface area contributed by atoms with Crippen LogP contribution in [0.5, 0.6) is 5.75 Å². The molecule has 4 heteroatoms. The Morgan fingerprint density at radius 3 is 3.25 bits per heavy atom. The van der Waals surface area contributed by atoms with Crippen LogP contribution in [0.25, 0.3) is 6.08 Å². The first-order chi connectivity index (χ1) is 5.86. The lowest BCUT2D eigenvalue weighted by Gasteiger charge is -2.02. The van der Waals surface area contributed by atoms with Crippen molar-refractivity contribution in [2.24, 2.45) is 0 Å². The summed E-state index contributed by atoms with van der Waals surface area (Å²) in [7, 11) is 0. The summed E-state index contributed by atoms with van der Waals surface area (Å²) in [5, 5.41) is 0. The topological polar surface area (TPSA) is 51.2 Å². The van der Waals surface area contributed by atoms with E-state index in [1.54, 1.807) is 24.4 Å². The van der Waals surface area contributed by atoms with Crippen LogP contribution in [0.1, 0.15) is 5.69 Å². The molecule has 0 fully saturated rings. The Labute approximate surface area is 68.8 Å². The molecule has 2 rings (SSSR count). The van der Waals surface area contributed by atoms with Gasteiger partial charge in [-0.05, 0) is 18.2 Å². The maximum atomic E-state index is 10.8. The van der Waals surface area contributed by atoms with Crippen molar-refractivity contribution in [3.63, 3.8) is 0 Å². The molecule has 1 aliphatic heterocycles. The van der Waals surface area contributed by atoms with Crippen molar-refractivity contribution in [2.75, 3.05) is 0 Å². The van der Waals surface area contributed by atoms with Gasteiger partial charge in [-0.25, -0.2) is 0 Å². The minimum absolute atomic E-state index is 0.284. The first-order valence-electron chi connectivity index (χ1n) is 3.46.